The van der Waals surface area contributed by atoms with Crippen LogP contribution in [0.1, 0.15) is 5.56 Å². The standard InChI is InChI=1S/C25H18N4O12S2.2K/c30-14-41-22-20(24(32)29(27-22)16-8-12-18(13-9-16)43(38,39)40)5-3-1-2-4-19-21(25(33)34)26-28(23(19)31)15-6-10-17(11-7-15)42(35,36)37;;/h1-14,27H,(H,33,34)(H,35,36,37)(H,38,39,40);;/q;2*+1/p-2/b2-1?,5-3?,19-4-;;. The largest absolute Gasteiger partial charge is 1.00 e. The van der Waals surface area contributed by atoms with Crippen LogP contribution in [0.15, 0.2) is 98.1 Å². The molecule has 3 aromatic rings. The minimum Gasteiger partial charge on any atom is -0.744 e. The van der Waals surface area contributed by atoms with Gasteiger partial charge in [0.1, 0.15) is 25.8 Å². The van der Waals surface area contributed by atoms with Crippen molar-refractivity contribution < 1.29 is 153 Å². The number of nitrogens with one attached hydrogen (secondary N) is 1. The number of hydrazone groups is 1. The summed E-state index contributed by atoms with van der Waals surface area (Å²) in [5, 5.41) is 16.5. The molecule has 0 unspecified atom stereocenters. The number of aromatic amines is 1. The number of amides is 1. The van der Waals surface area contributed by atoms with Gasteiger partial charge in [0, 0.05) is 0 Å². The SMILES string of the molecule is O=COc1[nH]n(-c2ccc(S(=O)(=O)[O-])cc2)c(=O)c1C=CC=C/C=C1\C(=O)N(c2ccc(S(=O)(=O)[O-])cc2)N=C1C(=O)O.[K+].[K+]. The number of aromatic nitrogens is 2. The van der Waals surface area contributed by atoms with Crippen molar-refractivity contribution in [1.82, 2.24) is 9.78 Å². The summed E-state index contributed by atoms with van der Waals surface area (Å²) in [4.78, 5) is 47.3. The number of hydrogen-bond acceptors (Lipinski definition) is 12. The molecule has 0 atom stereocenters. The van der Waals surface area contributed by atoms with Crippen LogP contribution in [0, 0.1) is 0 Å². The fourth-order valence-corrected chi connectivity index (χ4v) is 4.62. The molecule has 1 aliphatic heterocycles. The van der Waals surface area contributed by atoms with Crippen molar-refractivity contribution in [2.24, 2.45) is 5.10 Å². The normalized spacial score (nSPS) is 14.4. The second-order valence-electron chi connectivity index (χ2n) is 8.30. The van der Waals surface area contributed by atoms with Crippen molar-refractivity contribution in [3.05, 3.63) is 94.3 Å². The van der Waals surface area contributed by atoms with Crippen LogP contribution < -0.4 is 118 Å². The quantitative estimate of drug-likeness (QED) is 0.0659. The Morgan fingerprint density at radius 1 is 0.867 bits per heavy atom. The Morgan fingerprint density at radius 3 is 1.89 bits per heavy atom. The first-order valence-electron chi connectivity index (χ1n) is 11.5. The minimum atomic E-state index is -4.75. The molecule has 20 heteroatoms. The molecule has 45 heavy (non-hydrogen) atoms. The van der Waals surface area contributed by atoms with Gasteiger partial charge >= 0.3 is 109 Å². The number of ether oxygens (including phenoxy) is 1. The van der Waals surface area contributed by atoms with Crippen molar-refractivity contribution in [3.63, 3.8) is 0 Å². The van der Waals surface area contributed by atoms with Gasteiger partial charge in [-0.15, -0.1) is 0 Å². The summed E-state index contributed by atoms with van der Waals surface area (Å²) in [5.74, 6) is -2.68. The number of anilines is 1. The Labute approximate surface area is 339 Å². The van der Waals surface area contributed by atoms with Crippen LogP contribution >= 0.6 is 0 Å². The molecule has 4 rings (SSSR count). The summed E-state index contributed by atoms with van der Waals surface area (Å²) in [6.07, 6.45) is 6.21. The third-order valence-corrected chi connectivity index (χ3v) is 7.34. The molecule has 0 spiro atoms. The molecule has 2 aromatic carbocycles. The molecule has 0 saturated carbocycles. The average Bonchev–Trinajstić information content (AvgIpc) is 3.44. The van der Waals surface area contributed by atoms with Gasteiger partial charge in [0.05, 0.1) is 26.7 Å². The minimum absolute atomic E-state index is 0. The summed E-state index contributed by atoms with van der Waals surface area (Å²) in [6.45, 7) is 0.0533. The molecule has 0 aliphatic carbocycles. The number of carbonyl (C=O) groups is 3. The summed E-state index contributed by atoms with van der Waals surface area (Å²) in [7, 11) is -9.46. The molecule has 0 radical (unpaired) electrons. The zero-order valence-corrected chi connectivity index (χ0v) is 31.1. The van der Waals surface area contributed by atoms with E-state index in [0.29, 0.717) is 5.01 Å². The number of carboxylic acids is 1. The van der Waals surface area contributed by atoms with Gasteiger partial charge in [-0.25, -0.2) is 26.3 Å². The number of H-pyrrole nitrogens is 1. The fraction of sp³-hybridized carbons (Fsp3) is 0. The molecule has 222 valence electrons. The summed E-state index contributed by atoms with van der Waals surface area (Å²) < 4.78 is 72.5. The van der Waals surface area contributed by atoms with Crippen LogP contribution in [0.25, 0.3) is 11.8 Å². The first-order valence-corrected chi connectivity index (χ1v) is 14.3. The van der Waals surface area contributed by atoms with E-state index in [2.05, 4.69) is 10.2 Å². The zero-order chi connectivity index (χ0) is 31.5. The summed E-state index contributed by atoms with van der Waals surface area (Å²) in [6, 6.07) is 8.43. The Bertz CT molecular complexity index is 2030. The van der Waals surface area contributed by atoms with E-state index in [9.17, 15) is 50.2 Å². The van der Waals surface area contributed by atoms with Crippen molar-refractivity contribution in [1.29, 1.82) is 0 Å². The van der Waals surface area contributed by atoms with Crippen LogP contribution in [-0.4, -0.2) is 64.9 Å². The van der Waals surface area contributed by atoms with Crippen molar-refractivity contribution in [3.8, 4) is 11.6 Å². The number of rotatable bonds is 10. The molecule has 2 heterocycles. The third-order valence-electron chi connectivity index (χ3n) is 5.64. The second-order valence-corrected chi connectivity index (χ2v) is 11.1. The van der Waals surface area contributed by atoms with Crippen LogP contribution in [0.2, 0.25) is 0 Å². The fourth-order valence-electron chi connectivity index (χ4n) is 3.68. The smallest absolute Gasteiger partial charge is 0.744 e. The average molecular weight is 707 g/mol. The first-order chi connectivity index (χ1) is 20.2. The molecule has 0 bridgehead atoms. The van der Waals surface area contributed by atoms with Crippen LogP contribution in [0.4, 0.5) is 5.69 Å². The third kappa shape index (κ3) is 9.23. The number of benzene rings is 2. The monoisotopic (exact) mass is 706 g/mol. The van der Waals surface area contributed by atoms with Gasteiger partial charge in [-0.2, -0.15) is 10.1 Å². The van der Waals surface area contributed by atoms with Gasteiger partial charge in [0.15, 0.2) is 5.71 Å². The van der Waals surface area contributed by atoms with Crippen molar-refractivity contribution in [2.45, 2.75) is 9.79 Å². The number of aliphatic carboxylic acids is 1. The maximum absolute atomic E-state index is 12.9. The van der Waals surface area contributed by atoms with E-state index in [-0.39, 0.29) is 138 Å². The molecule has 0 saturated heterocycles. The number of carbonyl (C=O) groups excluding carboxylic acids is 2. The predicted octanol–water partition coefficient (Wildman–Crippen LogP) is -5.50. The topological polar surface area (TPSA) is 248 Å². The van der Waals surface area contributed by atoms with Gasteiger partial charge in [-0.05, 0) is 60.7 Å². The number of nitrogens with zero attached hydrogens (tertiary/aromatic N) is 3. The Morgan fingerprint density at radius 2 is 1.40 bits per heavy atom. The van der Waals surface area contributed by atoms with E-state index in [1.165, 1.54) is 36.4 Å². The van der Waals surface area contributed by atoms with Crippen molar-refractivity contribution in [2.75, 3.05) is 5.01 Å². The van der Waals surface area contributed by atoms with Crippen LogP contribution in [-0.2, 0) is 34.6 Å². The van der Waals surface area contributed by atoms with Gasteiger partial charge in [0.25, 0.3) is 17.9 Å². The van der Waals surface area contributed by atoms with E-state index in [1.807, 2.05) is 0 Å². The number of carboxylic acid groups (broad SMARTS) is 1. The van der Waals surface area contributed by atoms with E-state index < -0.39 is 53.2 Å². The van der Waals surface area contributed by atoms with Gasteiger partial charge in [-0.1, -0.05) is 18.2 Å². The Balaban J connectivity index is 0.00000353. The van der Waals surface area contributed by atoms with Crippen molar-refractivity contribution >= 4 is 56.1 Å². The molecular weight excluding hydrogens is 691 g/mol. The molecule has 1 amide bonds. The number of hydrogen-bond donors (Lipinski definition) is 2. The molecule has 16 nitrogen and oxygen atoms in total. The van der Waals surface area contributed by atoms with E-state index in [4.69, 9.17) is 4.74 Å². The van der Waals surface area contributed by atoms with Crippen LogP contribution in [0.3, 0.4) is 0 Å². The molecule has 0 fully saturated rings. The molecule has 1 aliphatic rings. The molecular formula is C25H16K2N4O12S2. The second kappa shape index (κ2) is 16.1. The van der Waals surface area contributed by atoms with Gasteiger partial charge in [0.2, 0.25) is 5.88 Å². The molecule has 2 N–H and O–H groups in total. The maximum Gasteiger partial charge on any atom is 1.00 e. The summed E-state index contributed by atoms with van der Waals surface area (Å²) >= 11 is 0. The van der Waals surface area contributed by atoms with E-state index in [1.54, 1.807) is 0 Å². The predicted molar refractivity (Wildman–Crippen MR) is 144 cm³/mol. The maximum atomic E-state index is 12.9. The van der Waals surface area contributed by atoms with E-state index in [0.717, 1.165) is 47.2 Å². The summed E-state index contributed by atoms with van der Waals surface area (Å²) in [5.41, 5.74) is -1.72. The Hall–Kier alpha value is -2.16. The van der Waals surface area contributed by atoms with Crippen LogP contribution in [0.5, 0.6) is 5.88 Å². The van der Waals surface area contributed by atoms with Gasteiger partial charge < -0.3 is 18.9 Å². The zero-order valence-electron chi connectivity index (χ0n) is 23.2. The van der Waals surface area contributed by atoms with Gasteiger partial charge in [-0.3, -0.25) is 19.5 Å². The number of allylic oxidation sites excluding steroid dienone is 4. The first kappa shape index (κ1) is 39.0. The Kier molecular flexibility index (Phi) is 14.0. The molecule has 1 aromatic heterocycles. The van der Waals surface area contributed by atoms with E-state index >= 15 is 0 Å².